The molecule has 2 heterocycles. The molecular formula is C45H30N4S. The van der Waals surface area contributed by atoms with Crippen molar-refractivity contribution >= 4 is 75.6 Å². The third-order valence-electron chi connectivity index (χ3n) is 9.50. The lowest BCUT2D eigenvalue weighted by atomic mass is 9.96. The van der Waals surface area contributed by atoms with Crippen LogP contribution >= 0.6 is 11.3 Å². The summed E-state index contributed by atoms with van der Waals surface area (Å²) in [7, 11) is 0. The first kappa shape index (κ1) is 29.6. The van der Waals surface area contributed by atoms with Crippen LogP contribution in [0.1, 0.15) is 16.7 Å². The third kappa shape index (κ3) is 5.02. The van der Waals surface area contributed by atoms with Crippen molar-refractivity contribution in [3.05, 3.63) is 180 Å². The summed E-state index contributed by atoms with van der Waals surface area (Å²) >= 11 is 1.80. The Labute approximate surface area is 293 Å². The van der Waals surface area contributed by atoms with Gasteiger partial charge in [-0.25, -0.2) is 4.99 Å². The number of nitrogens with zero attached hydrogens (tertiary/aromatic N) is 3. The number of hydrogen-bond donors (Lipinski definition) is 1. The number of amidine groups is 1. The SMILES string of the molecule is N#C/C(Cc1cccc2sc3cc4c5ccccc5n(-c5ccccc5)c4cc3c12)=C(/N=C(\N)c1ccccc1)c1ccc2ccccc2c1. The molecular weight excluding hydrogens is 629 g/mol. The Kier molecular flexibility index (Phi) is 7.23. The Morgan fingerprint density at radius 3 is 2.18 bits per heavy atom. The van der Waals surface area contributed by atoms with E-state index in [0.29, 0.717) is 23.5 Å². The molecule has 0 spiro atoms. The highest BCUT2D eigenvalue weighted by Gasteiger charge is 2.19. The molecule has 0 fully saturated rings. The minimum atomic E-state index is 0.372. The molecule has 2 aromatic heterocycles. The maximum atomic E-state index is 10.8. The molecule has 0 saturated carbocycles. The van der Waals surface area contributed by atoms with Crippen LogP contribution in [-0.2, 0) is 6.42 Å². The number of thiophene rings is 1. The van der Waals surface area contributed by atoms with Crippen LogP contribution in [0.3, 0.4) is 0 Å². The second-order valence-electron chi connectivity index (χ2n) is 12.5. The lowest BCUT2D eigenvalue weighted by Gasteiger charge is -2.11. The Bertz CT molecular complexity index is 2850. The number of fused-ring (bicyclic) bond motifs is 7. The predicted octanol–water partition coefficient (Wildman–Crippen LogP) is 11.2. The van der Waals surface area contributed by atoms with Crippen LogP contribution in [0.15, 0.2) is 168 Å². The van der Waals surface area contributed by atoms with Gasteiger partial charge in [0.05, 0.1) is 28.4 Å². The average molecular weight is 659 g/mol. The fourth-order valence-electron chi connectivity index (χ4n) is 7.17. The van der Waals surface area contributed by atoms with Crippen LogP contribution < -0.4 is 5.73 Å². The van der Waals surface area contributed by atoms with Crippen LogP contribution in [0, 0.1) is 11.3 Å². The number of rotatable bonds is 6. The van der Waals surface area contributed by atoms with Crippen molar-refractivity contribution in [1.82, 2.24) is 4.57 Å². The summed E-state index contributed by atoms with van der Waals surface area (Å²) in [5.74, 6) is 0.372. The van der Waals surface area contributed by atoms with E-state index in [9.17, 15) is 5.26 Å². The summed E-state index contributed by atoms with van der Waals surface area (Å²) in [6.45, 7) is 0. The fraction of sp³-hybridized carbons (Fsp3) is 0.0222. The van der Waals surface area contributed by atoms with E-state index in [0.717, 1.165) is 38.7 Å². The van der Waals surface area contributed by atoms with E-state index in [1.165, 1.54) is 36.5 Å². The standard InChI is InChI=1S/C45H30N4S/c46-28-34(44(48-45(47)30-13-3-1-4-14-30)33-23-22-29-12-7-8-15-31(29)24-33)25-32-16-11-21-41-43(32)38-26-40-37(27-42(38)50-41)36-19-9-10-20-39(36)49(40)35-17-5-2-6-18-35/h1-24,26-27H,25H2,(H2,47,48)/b44-34+. The summed E-state index contributed by atoms with van der Waals surface area (Å²) in [6.07, 6.45) is 0.410. The molecule has 0 amide bonds. The number of allylic oxidation sites excluding steroid dienone is 1. The fourth-order valence-corrected chi connectivity index (χ4v) is 8.34. The normalized spacial score (nSPS) is 12.6. The van der Waals surface area contributed by atoms with Gasteiger partial charge >= 0.3 is 0 Å². The zero-order valence-electron chi connectivity index (χ0n) is 27.0. The highest BCUT2D eigenvalue weighted by molar-refractivity contribution is 7.26. The number of aliphatic imine (C=N–C) groups is 1. The van der Waals surface area contributed by atoms with Gasteiger partial charge in [-0.3, -0.25) is 0 Å². The van der Waals surface area contributed by atoms with E-state index in [2.05, 4.69) is 120 Å². The lowest BCUT2D eigenvalue weighted by Crippen LogP contribution is -2.13. The Morgan fingerprint density at radius 1 is 0.620 bits per heavy atom. The number of benzene rings is 7. The number of aromatic nitrogens is 1. The smallest absolute Gasteiger partial charge is 0.131 e. The summed E-state index contributed by atoms with van der Waals surface area (Å²) < 4.78 is 4.77. The molecule has 0 unspecified atom stereocenters. The maximum absolute atomic E-state index is 10.8. The molecule has 0 radical (unpaired) electrons. The van der Waals surface area contributed by atoms with Crippen molar-refractivity contribution in [2.75, 3.05) is 0 Å². The van der Waals surface area contributed by atoms with Gasteiger partial charge in [-0.1, -0.05) is 115 Å². The molecule has 9 rings (SSSR count). The van der Waals surface area contributed by atoms with Gasteiger partial charge in [0.1, 0.15) is 5.84 Å². The summed E-state index contributed by atoms with van der Waals surface area (Å²) in [5.41, 5.74) is 14.0. The largest absolute Gasteiger partial charge is 0.383 e. The minimum Gasteiger partial charge on any atom is -0.383 e. The molecule has 9 aromatic rings. The number of nitriles is 1. The molecule has 236 valence electrons. The van der Waals surface area contributed by atoms with E-state index in [1.807, 2.05) is 48.5 Å². The van der Waals surface area contributed by atoms with E-state index in [-0.39, 0.29) is 0 Å². The van der Waals surface area contributed by atoms with Gasteiger partial charge in [0.2, 0.25) is 0 Å². The summed E-state index contributed by atoms with van der Waals surface area (Å²) in [6, 6.07) is 57.0. The molecule has 0 bridgehead atoms. The molecule has 0 aliphatic rings. The highest BCUT2D eigenvalue weighted by atomic mass is 32.1. The van der Waals surface area contributed by atoms with E-state index in [1.54, 1.807) is 11.3 Å². The zero-order valence-corrected chi connectivity index (χ0v) is 27.9. The van der Waals surface area contributed by atoms with Crippen molar-refractivity contribution < 1.29 is 0 Å². The summed E-state index contributed by atoms with van der Waals surface area (Å²) in [4.78, 5) is 4.98. The van der Waals surface area contributed by atoms with E-state index >= 15 is 0 Å². The highest BCUT2D eigenvalue weighted by Crippen LogP contribution is 2.42. The van der Waals surface area contributed by atoms with Gasteiger partial charge in [-0.05, 0) is 58.8 Å². The molecule has 7 aromatic carbocycles. The van der Waals surface area contributed by atoms with Gasteiger partial charge in [-0.2, -0.15) is 5.26 Å². The second-order valence-corrected chi connectivity index (χ2v) is 13.6. The number of nitrogens with two attached hydrogens (primary N) is 1. The van der Waals surface area contributed by atoms with Crippen molar-refractivity contribution in [1.29, 1.82) is 5.26 Å². The molecule has 0 atom stereocenters. The molecule has 0 saturated heterocycles. The average Bonchev–Trinajstić information content (AvgIpc) is 3.70. The topological polar surface area (TPSA) is 67.1 Å². The van der Waals surface area contributed by atoms with Crippen molar-refractivity contribution in [2.24, 2.45) is 10.7 Å². The molecule has 50 heavy (non-hydrogen) atoms. The summed E-state index contributed by atoms with van der Waals surface area (Å²) in [5, 5.41) is 17.8. The number of para-hydroxylation sites is 2. The van der Waals surface area contributed by atoms with Gasteiger partial charge < -0.3 is 10.3 Å². The van der Waals surface area contributed by atoms with Gasteiger partial charge in [0.15, 0.2) is 0 Å². The second kappa shape index (κ2) is 12.2. The molecule has 0 aliphatic heterocycles. The molecule has 4 nitrogen and oxygen atoms in total. The lowest BCUT2D eigenvalue weighted by molar-refractivity contribution is 1.18. The first-order valence-electron chi connectivity index (χ1n) is 16.6. The Balaban J connectivity index is 1.27. The Hall–Kier alpha value is -6.48. The first-order valence-corrected chi connectivity index (χ1v) is 17.4. The van der Waals surface area contributed by atoms with Crippen LogP contribution in [0.4, 0.5) is 0 Å². The quantitative estimate of drug-likeness (QED) is 0.110. The van der Waals surface area contributed by atoms with Gasteiger partial charge in [-0.15, -0.1) is 11.3 Å². The van der Waals surface area contributed by atoms with Crippen LogP contribution in [0.25, 0.3) is 64.1 Å². The first-order chi connectivity index (χ1) is 24.7. The van der Waals surface area contributed by atoms with Gasteiger partial charge in [0.25, 0.3) is 0 Å². The molecule has 0 aliphatic carbocycles. The number of hydrogen-bond acceptors (Lipinski definition) is 3. The maximum Gasteiger partial charge on any atom is 0.131 e. The van der Waals surface area contributed by atoms with Crippen molar-refractivity contribution in [3.63, 3.8) is 0 Å². The van der Waals surface area contributed by atoms with Crippen molar-refractivity contribution in [2.45, 2.75) is 6.42 Å². The third-order valence-corrected chi connectivity index (χ3v) is 10.6. The molecule has 2 N–H and O–H groups in total. The van der Waals surface area contributed by atoms with Crippen LogP contribution in [-0.4, -0.2) is 10.4 Å². The minimum absolute atomic E-state index is 0.372. The van der Waals surface area contributed by atoms with Crippen LogP contribution in [0.2, 0.25) is 0 Å². The Morgan fingerprint density at radius 2 is 1.36 bits per heavy atom. The van der Waals surface area contributed by atoms with Crippen molar-refractivity contribution in [3.8, 4) is 11.8 Å². The van der Waals surface area contributed by atoms with E-state index in [4.69, 9.17) is 10.7 Å². The van der Waals surface area contributed by atoms with Gasteiger partial charge in [0, 0.05) is 54.2 Å². The zero-order chi connectivity index (χ0) is 33.6. The van der Waals surface area contributed by atoms with E-state index < -0.39 is 0 Å². The molecule has 5 heteroatoms. The predicted molar refractivity (Wildman–Crippen MR) is 211 cm³/mol. The monoisotopic (exact) mass is 658 g/mol. The van der Waals surface area contributed by atoms with Crippen LogP contribution in [0.5, 0.6) is 0 Å².